The Bertz CT molecular complexity index is 1100. The summed E-state index contributed by atoms with van der Waals surface area (Å²) in [7, 11) is 0. The fourth-order valence-corrected chi connectivity index (χ4v) is 3.38. The standard InChI is InChI=1S/C23H20ClN3O3/c1-15-5-7-16(8-6-15)13-27-20-12-19(9-10-21(20)30-14-22(27)28)26-23(29)25-18-4-2-3-17(24)11-18/h2-12H,13-14H2,1H3,(H2,25,26,29). The molecule has 0 spiro atoms. The van der Waals surface area contributed by atoms with Gasteiger partial charge in [-0.25, -0.2) is 4.79 Å². The Morgan fingerprint density at radius 2 is 1.77 bits per heavy atom. The number of nitrogens with one attached hydrogen (secondary N) is 2. The Labute approximate surface area is 179 Å². The van der Waals surface area contributed by atoms with Gasteiger partial charge in [0, 0.05) is 16.4 Å². The molecule has 30 heavy (non-hydrogen) atoms. The second kappa shape index (κ2) is 8.47. The first-order chi connectivity index (χ1) is 14.5. The Morgan fingerprint density at radius 3 is 2.50 bits per heavy atom. The summed E-state index contributed by atoms with van der Waals surface area (Å²) in [4.78, 5) is 26.5. The molecule has 0 aromatic heterocycles. The van der Waals surface area contributed by atoms with E-state index in [1.807, 2.05) is 31.2 Å². The first-order valence-electron chi connectivity index (χ1n) is 9.44. The first kappa shape index (κ1) is 19.8. The minimum absolute atomic E-state index is 0.0130. The molecule has 0 radical (unpaired) electrons. The highest BCUT2D eigenvalue weighted by Gasteiger charge is 2.26. The zero-order valence-corrected chi connectivity index (χ0v) is 17.1. The van der Waals surface area contributed by atoms with E-state index in [1.165, 1.54) is 0 Å². The van der Waals surface area contributed by atoms with Gasteiger partial charge in [0.25, 0.3) is 5.91 Å². The van der Waals surface area contributed by atoms with Crippen molar-refractivity contribution in [3.05, 3.63) is 82.9 Å². The SMILES string of the molecule is Cc1ccc(CN2C(=O)COc3ccc(NC(=O)Nc4cccc(Cl)c4)cc32)cc1. The van der Waals surface area contributed by atoms with Gasteiger partial charge in [0.05, 0.1) is 12.2 Å². The maximum absolute atomic E-state index is 12.5. The first-order valence-corrected chi connectivity index (χ1v) is 9.82. The molecule has 0 saturated heterocycles. The normalized spacial score (nSPS) is 12.7. The van der Waals surface area contributed by atoms with Crippen molar-refractivity contribution in [2.45, 2.75) is 13.5 Å². The molecule has 0 bridgehead atoms. The highest BCUT2D eigenvalue weighted by atomic mass is 35.5. The third-order valence-corrected chi connectivity index (χ3v) is 4.94. The van der Waals surface area contributed by atoms with Gasteiger partial charge in [-0.15, -0.1) is 0 Å². The number of aryl methyl sites for hydroxylation is 1. The van der Waals surface area contributed by atoms with Gasteiger partial charge < -0.3 is 20.3 Å². The topological polar surface area (TPSA) is 70.7 Å². The number of amides is 3. The number of carbonyl (C=O) groups excluding carboxylic acids is 2. The van der Waals surface area contributed by atoms with Crippen molar-refractivity contribution in [1.29, 1.82) is 0 Å². The molecule has 0 atom stereocenters. The number of anilines is 3. The van der Waals surface area contributed by atoms with Gasteiger partial charge in [-0.05, 0) is 48.9 Å². The predicted octanol–water partition coefficient (Wildman–Crippen LogP) is 5.22. The van der Waals surface area contributed by atoms with Crippen LogP contribution in [0.2, 0.25) is 5.02 Å². The van der Waals surface area contributed by atoms with Gasteiger partial charge in [0.1, 0.15) is 5.75 Å². The van der Waals surface area contributed by atoms with Crippen LogP contribution >= 0.6 is 11.6 Å². The molecule has 4 rings (SSSR count). The van der Waals surface area contributed by atoms with E-state index in [4.69, 9.17) is 16.3 Å². The Kier molecular flexibility index (Phi) is 5.59. The van der Waals surface area contributed by atoms with E-state index < -0.39 is 6.03 Å². The van der Waals surface area contributed by atoms with Gasteiger partial charge in [0.15, 0.2) is 6.61 Å². The van der Waals surface area contributed by atoms with E-state index in [0.717, 1.165) is 11.1 Å². The number of hydrogen-bond acceptors (Lipinski definition) is 3. The molecule has 3 aromatic carbocycles. The van der Waals surface area contributed by atoms with Crippen LogP contribution < -0.4 is 20.3 Å². The number of carbonyl (C=O) groups is 2. The molecule has 0 unspecified atom stereocenters. The van der Waals surface area contributed by atoms with Gasteiger partial charge in [0.2, 0.25) is 0 Å². The monoisotopic (exact) mass is 421 g/mol. The highest BCUT2D eigenvalue weighted by Crippen LogP contribution is 2.35. The zero-order chi connectivity index (χ0) is 21.1. The number of hydrogen-bond donors (Lipinski definition) is 2. The summed E-state index contributed by atoms with van der Waals surface area (Å²) in [5.74, 6) is 0.464. The number of ether oxygens (including phenoxy) is 1. The van der Waals surface area contributed by atoms with Crippen molar-refractivity contribution >= 4 is 40.6 Å². The van der Waals surface area contributed by atoms with Crippen molar-refractivity contribution in [3.8, 4) is 5.75 Å². The smallest absolute Gasteiger partial charge is 0.323 e. The average molecular weight is 422 g/mol. The van der Waals surface area contributed by atoms with Gasteiger partial charge in [-0.2, -0.15) is 0 Å². The van der Waals surface area contributed by atoms with E-state index in [2.05, 4.69) is 10.6 Å². The van der Waals surface area contributed by atoms with Crippen LogP contribution in [0.3, 0.4) is 0 Å². The Hall–Kier alpha value is -3.51. The van der Waals surface area contributed by atoms with E-state index in [0.29, 0.717) is 34.4 Å². The second-order valence-electron chi connectivity index (χ2n) is 7.03. The van der Waals surface area contributed by atoms with Gasteiger partial charge in [-0.1, -0.05) is 47.5 Å². The largest absolute Gasteiger partial charge is 0.482 e. The van der Waals surface area contributed by atoms with Crippen molar-refractivity contribution in [3.63, 3.8) is 0 Å². The van der Waals surface area contributed by atoms with Crippen LogP contribution in [0.15, 0.2) is 66.7 Å². The second-order valence-corrected chi connectivity index (χ2v) is 7.46. The van der Waals surface area contributed by atoms with Gasteiger partial charge >= 0.3 is 6.03 Å². The lowest BCUT2D eigenvalue weighted by molar-refractivity contribution is -0.121. The van der Waals surface area contributed by atoms with E-state index >= 15 is 0 Å². The highest BCUT2D eigenvalue weighted by molar-refractivity contribution is 6.30. The van der Waals surface area contributed by atoms with Crippen molar-refractivity contribution < 1.29 is 14.3 Å². The van der Waals surface area contributed by atoms with Crippen LogP contribution in [0.25, 0.3) is 0 Å². The minimum atomic E-state index is -0.412. The van der Waals surface area contributed by atoms with Crippen LogP contribution in [0, 0.1) is 6.92 Å². The molecular formula is C23H20ClN3O3. The predicted molar refractivity (Wildman–Crippen MR) is 118 cm³/mol. The van der Waals surface area contributed by atoms with Crippen LogP contribution in [-0.2, 0) is 11.3 Å². The fourth-order valence-electron chi connectivity index (χ4n) is 3.19. The average Bonchev–Trinajstić information content (AvgIpc) is 2.71. The maximum atomic E-state index is 12.5. The Balaban J connectivity index is 1.53. The lowest BCUT2D eigenvalue weighted by atomic mass is 10.1. The molecule has 3 aromatic rings. The molecule has 3 amide bonds. The van der Waals surface area contributed by atoms with Crippen molar-refractivity contribution in [1.82, 2.24) is 0 Å². The number of urea groups is 1. The zero-order valence-electron chi connectivity index (χ0n) is 16.3. The summed E-state index contributed by atoms with van der Waals surface area (Å²) < 4.78 is 5.56. The molecule has 7 heteroatoms. The van der Waals surface area contributed by atoms with Gasteiger partial charge in [-0.3, -0.25) is 4.79 Å². The van der Waals surface area contributed by atoms with Crippen LogP contribution in [0.5, 0.6) is 5.75 Å². The molecule has 1 aliphatic heterocycles. The summed E-state index contributed by atoms with van der Waals surface area (Å²) in [6.45, 7) is 2.43. The summed E-state index contributed by atoms with van der Waals surface area (Å²) in [6, 6.07) is 19.7. The van der Waals surface area contributed by atoms with Crippen molar-refractivity contribution in [2.75, 3.05) is 22.1 Å². The number of benzene rings is 3. The van der Waals surface area contributed by atoms with E-state index in [1.54, 1.807) is 47.4 Å². The minimum Gasteiger partial charge on any atom is -0.482 e. The lowest BCUT2D eigenvalue weighted by Crippen LogP contribution is -2.38. The van der Waals surface area contributed by atoms with Crippen LogP contribution in [0.4, 0.5) is 21.9 Å². The molecule has 152 valence electrons. The quantitative estimate of drug-likeness (QED) is 0.606. The number of nitrogens with zero attached hydrogens (tertiary/aromatic N) is 1. The fraction of sp³-hybridized carbons (Fsp3) is 0.130. The van der Waals surface area contributed by atoms with E-state index in [-0.39, 0.29) is 12.5 Å². The molecule has 2 N–H and O–H groups in total. The third kappa shape index (κ3) is 4.55. The molecular weight excluding hydrogens is 402 g/mol. The molecule has 0 saturated carbocycles. The Morgan fingerprint density at radius 1 is 1.03 bits per heavy atom. The molecule has 1 heterocycles. The number of halogens is 1. The number of fused-ring (bicyclic) bond motifs is 1. The summed E-state index contributed by atoms with van der Waals surface area (Å²) in [5, 5.41) is 6.04. The summed E-state index contributed by atoms with van der Waals surface area (Å²) in [5.41, 5.74) is 3.91. The van der Waals surface area contributed by atoms with Crippen LogP contribution in [-0.4, -0.2) is 18.5 Å². The molecule has 0 aliphatic carbocycles. The third-order valence-electron chi connectivity index (χ3n) is 4.70. The number of rotatable bonds is 4. The molecule has 1 aliphatic rings. The van der Waals surface area contributed by atoms with E-state index in [9.17, 15) is 9.59 Å². The van der Waals surface area contributed by atoms with Crippen molar-refractivity contribution in [2.24, 2.45) is 0 Å². The van der Waals surface area contributed by atoms with Crippen LogP contribution in [0.1, 0.15) is 11.1 Å². The molecule has 6 nitrogen and oxygen atoms in total. The lowest BCUT2D eigenvalue weighted by Gasteiger charge is -2.30. The molecule has 0 fully saturated rings. The maximum Gasteiger partial charge on any atom is 0.323 e. The summed E-state index contributed by atoms with van der Waals surface area (Å²) in [6.07, 6.45) is 0. The summed E-state index contributed by atoms with van der Waals surface area (Å²) >= 11 is 5.95.